The summed E-state index contributed by atoms with van der Waals surface area (Å²) in [6.07, 6.45) is 3.87. The van der Waals surface area contributed by atoms with Crippen molar-refractivity contribution in [2.45, 2.75) is 25.9 Å². The predicted octanol–water partition coefficient (Wildman–Crippen LogP) is -0.663. The molecule has 0 bridgehead atoms. The summed E-state index contributed by atoms with van der Waals surface area (Å²) in [5, 5.41) is 0. The quantitative estimate of drug-likeness (QED) is 0.748. The van der Waals surface area contributed by atoms with Crippen LogP contribution in [0, 0.1) is 5.92 Å². The van der Waals surface area contributed by atoms with E-state index in [-0.39, 0.29) is 17.8 Å². The Kier molecular flexibility index (Phi) is 3.98. The number of aromatic nitrogens is 2. The van der Waals surface area contributed by atoms with Crippen molar-refractivity contribution in [3.8, 4) is 0 Å². The number of piperidine rings is 1. The monoisotopic (exact) mass is 252 g/mol. The molecule has 0 saturated carbocycles. The van der Waals surface area contributed by atoms with E-state index < -0.39 is 0 Å². The highest BCUT2D eigenvalue weighted by Crippen LogP contribution is 2.16. The van der Waals surface area contributed by atoms with Crippen LogP contribution >= 0.6 is 0 Å². The van der Waals surface area contributed by atoms with Crippen LogP contribution in [0.15, 0.2) is 15.8 Å². The highest BCUT2D eigenvalue weighted by atomic mass is 16.2. The maximum atomic E-state index is 11.7. The molecule has 0 radical (unpaired) electrons. The molecule has 0 aromatic carbocycles. The van der Waals surface area contributed by atoms with Gasteiger partial charge in [-0.05, 0) is 32.4 Å². The third kappa shape index (κ3) is 2.88. The van der Waals surface area contributed by atoms with Crippen molar-refractivity contribution in [1.82, 2.24) is 14.5 Å². The molecule has 1 fully saturated rings. The molecule has 6 nitrogen and oxygen atoms in total. The van der Waals surface area contributed by atoms with Crippen LogP contribution in [0.2, 0.25) is 0 Å². The van der Waals surface area contributed by atoms with Gasteiger partial charge in [0.1, 0.15) is 0 Å². The smallest absolute Gasteiger partial charge is 0.326 e. The van der Waals surface area contributed by atoms with Crippen LogP contribution in [-0.2, 0) is 13.1 Å². The Labute approximate surface area is 105 Å². The molecule has 2 rings (SSSR count). The van der Waals surface area contributed by atoms with E-state index in [1.807, 2.05) is 0 Å². The zero-order valence-corrected chi connectivity index (χ0v) is 10.7. The van der Waals surface area contributed by atoms with Gasteiger partial charge in [-0.3, -0.25) is 14.3 Å². The van der Waals surface area contributed by atoms with Crippen molar-refractivity contribution in [1.29, 1.82) is 0 Å². The average molecular weight is 252 g/mol. The summed E-state index contributed by atoms with van der Waals surface area (Å²) < 4.78 is 1.58. The molecule has 1 aliphatic rings. The second-order valence-electron chi connectivity index (χ2n) is 5.04. The summed E-state index contributed by atoms with van der Waals surface area (Å²) in [4.78, 5) is 27.7. The van der Waals surface area contributed by atoms with Crippen molar-refractivity contribution in [2.75, 3.05) is 20.1 Å². The lowest BCUT2D eigenvalue weighted by Crippen LogP contribution is -2.38. The Bertz CT molecular complexity index is 520. The third-order valence-electron chi connectivity index (χ3n) is 3.48. The average Bonchev–Trinajstić information content (AvgIpc) is 2.33. The summed E-state index contributed by atoms with van der Waals surface area (Å²) >= 11 is 0. The van der Waals surface area contributed by atoms with Crippen LogP contribution in [0.25, 0.3) is 0 Å². The van der Waals surface area contributed by atoms with E-state index in [1.165, 1.54) is 0 Å². The first-order valence-electron chi connectivity index (χ1n) is 6.31. The standard InChI is InChI=1S/C12H20N4O2/c1-15-4-2-3-9(6-15)7-16-8-10(5-13)11(17)14-12(16)18/h8-9H,2-7,13H2,1H3,(H,14,17,18). The van der Waals surface area contributed by atoms with Gasteiger partial charge in [0.05, 0.1) is 0 Å². The van der Waals surface area contributed by atoms with Crippen LogP contribution in [0.1, 0.15) is 18.4 Å². The lowest BCUT2D eigenvalue weighted by atomic mass is 9.98. The van der Waals surface area contributed by atoms with E-state index >= 15 is 0 Å². The summed E-state index contributed by atoms with van der Waals surface area (Å²) in [5.74, 6) is 0.456. The predicted molar refractivity (Wildman–Crippen MR) is 69.4 cm³/mol. The minimum atomic E-state index is -0.375. The first-order valence-corrected chi connectivity index (χ1v) is 6.31. The van der Waals surface area contributed by atoms with Gasteiger partial charge in [-0.2, -0.15) is 0 Å². The largest absolute Gasteiger partial charge is 0.328 e. The fraction of sp³-hybridized carbons (Fsp3) is 0.667. The molecule has 100 valence electrons. The van der Waals surface area contributed by atoms with Crippen molar-refractivity contribution in [3.63, 3.8) is 0 Å². The number of nitrogens with zero attached hydrogens (tertiary/aromatic N) is 2. The van der Waals surface area contributed by atoms with E-state index in [4.69, 9.17) is 5.73 Å². The maximum absolute atomic E-state index is 11.7. The normalized spacial score (nSPS) is 21.1. The number of nitrogens with one attached hydrogen (secondary N) is 1. The molecular formula is C12H20N4O2. The number of likely N-dealkylation sites (tertiary alicyclic amines) is 1. The van der Waals surface area contributed by atoms with Crippen molar-refractivity contribution in [3.05, 3.63) is 32.6 Å². The maximum Gasteiger partial charge on any atom is 0.328 e. The molecule has 18 heavy (non-hydrogen) atoms. The molecule has 1 unspecified atom stereocenters. The van der Waals surface area contributed by atoms with E-state index in [2.05, 4.69) is 16.9 Å². The fourth-order valence-electron chi connectivity index (χ4n) is 2.54. The Morgan fingerprint density at radius 3 is 2.94 bits per heavy atom. The Morgan fingerprint density at radius 2 is 2.28 bits per heavy atom. The highest BCUT2D eigenvalue weighted by molar-refractivity contribution is 5.03. The van der Waals surface area contributed by atoms with Gasteiger partial charge in [0.15, 0.2) is 0 Å². The van der Waals surface area contributed by atoms with E-state index in [0.717, 1.165) is 25.9 Å². The number of H-pyrrole nitrogens is 1. The molecule has 1 saturated heterocycles. The molecule has 0 spiro atoms. The number of rotatable bonds is 3. The van der Waals surface area contributed by atoms with Crippen molar-refractivity contribution in [2.24, 2.45) is 11.7 Å². The van der Waals surface area contributed by atoms with E-state index in [0.29, 0.717) is 18.0 Å². The van der Waals surface area contributed by atoms with Crippen molar-refractivity contribution < 1.29 is 0 Å². The number of nitrogens with two attached hydrogens (primary N) is 1. The van der Waals surface area contributed by atoms with Gasteiger partial charge in [-0.1, -0.05) is 0 Å². The molecule has 0 amide bonds. The number of hydrogen-bond donors (Lipinski definition) is 2. The van der Waals surface area contributed by atoms with Gasteiger partial charge >= 0.3 is 5.69 Å². The lowest BCUT2D eigenvalue weighted by Gasteiger charge is -2.29. The van der Waals surface area contributed by atoms with E-state index in [9.17, 15) is 9.59 Å². The topological polar surface area (TPSA) is 84.1 Å². The molecule has 2 heterocycles. The minimum absolute atomic E-state index is 0.153. The zero-order chi connectivity index (χ0) is 13.1. The van der Waals surface area contributed by atoms with Crippen LogP contribution in [0.3, 0.4) is 0 Å². The molecule has 3 N–H and O–H groups in total. The number of hydrogen-bond acceptors (Lipinski definition) is 4. The molecular weight excluding hydrogens is 232 g/mol. The molecule has 1 aromatic rings. The Hall–Kier alpha value is -1.40. The zero-order valence-electron chi connectivity index (χ0n) is 10.7. The van der Waals surface area contributed by atoms with Gasteiger partial charge in [-0.15, -0.1) is 0 Å². The first-order chi connectivity index (χ1) is 8.60. The SMILES string of the molecule is CN1CCCC(Cn2cc(CN)c(=O)[nH]c2=O)C1. The van der Waals surface area contributed by atoms with Gasteiger partial charge in [0.2, 0.25) is 0 Å². The second kappa shape index (κ2) is 5.49. The third-order valence-corrected chi connectivity index (χ3v) is 3.48. The van der Waals surface area contributed by atoms with Crippen LogP contribution in [-0.4, -0.2) is 34.6 Å². The van der Waals surface area contributed by atoms with Gasteiger partial charge < -0.3 is 10.6 Å². The van der Waals surface area contributed by atoms with E-state index in [1.54, 1.807) is 10.8 Å². The van der Waals surface area contributed by atoms with Gasteiger partial charge in [0.25, 0.3) is 5.56 Å². The van der Waals surface area contributed by atoms with Crippen molar-refractivity contribution >= 4 is 0 Å². The molecule has 1 aromatic heterocycles. The van der Waals surface area contributed by atoms with Crippen LogP contribution in [0.5, 0.6) is 0 Å². The van der Waals surface area contributed by atoms with Gasteiger partial charge in [0, 0.05) is 31.4 Å². The van der Waals surface area contributed by atoms with Crippen LogP contribution in [0.4, 0.5) is 0 Å². The second-order valence-corrected chi connectivity index (χ2v) is 5.04. The fourth-order valence-corrected chi connectivity index (χ4v) is 2.54. The minimum Gasteiger partial charge on any atom is -0.326 e. The molecule has 0 aliphatic carbocycles. The Balaban J connectivity index is 2.18. The molecule has 6 heteroatoms. The summed E-state index contributed by atoms with van der Waals surface area (Å²) in [7, 11) is 2.09. The molecule has 1 aliphatic heterocycles. The Morgan fingerprint density at radius 1 is 1.50 bits per heavy atom. The summed E-state index contributed by atoms with van der Waals surface area (Å²) in [5.41, 5.74) is 5.22. The summed E-state index contributed by atoms with van der Waals surface area (Å²) in [6.45, 7) is 2.90. The van der Waals surface area contributed by atoms with Crippen LogP contribution < -0.4 is 17.0 Å². The number of aromatic amines is 1. The lowest BCUT2D eigenvalue weighted by molar-refractivity contribution is 0.193. The first kappa shape index (κ1) is 13.0. The highest BCUT2D eigenvalue weighted by Gasteiger charge is 2.18. The molecule has 1 atom stereocenters. The summed E-state index contributed by atoms with van der Waals surface area (Å²) in [6, 6.07) is 0. The van der Waals surface area contributed by atoms with Gasteiger partial charge in [-0.25, -0.2) is 4.79 Å².